The SMILES string of the molecule is COc1c(C)ccc([C@@]2(C)CCC(O)C2(C)C)c1OC. The zero-order valence-electron chi connectivity index (χ0n) is 13.4. The third kappa shape index (κ3) is 1.91. The van der Waals surface area contributed by atoms with Gasteiger partial charge in [-0.05, 0) is 25.3 Å². The van der Waals surface area contributed by atoms with Crippen molar-refractivity contribution in [1.29, 1.82) is 0 Å². The van der Waals surface area contributed by atoms with Gasteiger partial charge in [0.25, 0.3) is 0 Å². The summed E-state index contributed by atoms with van der Waals surface area (Å²) < 4.78 is 11.2. The Hall–Kier alpha value is -1.22. The van der Waals surface area contributed by atoms with E-state index in [0.717, 1.165) is 35.5 Å². The summed E-state index contributed by atoms with van der Waals surface area (Å²) in [6.45, 7) is 8.50. The van der Waals surface area contributed by atoms with Crippen LogP contribution in [-0.2, 0) is 5.41 Å². The van der Waals surface area contributed by atoms with Crippen molar-refractivity contribution in [1.82, 2.24) is 0 Å². The number of methoxy groups -OCH3 is 2. The van der Waals surface area contributed by atoms with Gasteiger partial charge in [-0.25, -0.2) is 0 Å². The second kappa shape index (κ2) is 4.96. The molecule has 0 spiro atoms. The van der Waals surface area contributed by atoms with Gasteiger partial charge in [0, 0.05) is 16.4 Å². The van der Waals surface area contributed by atoms with Crippen molar-refractivity contribution in [2.24, 2.45) is 5.41 Å². The zero-order valence-corrected chi connectivity index (χ0v) is 13.4. The van der Waals surface area contributed by atoms with Crippen LogP contribution in [0.2, 0.25) is 0 Å². The topological polar surface area (TPSA) is 38.7 Å². The Morgan fingerprint density at radius 1 is 1.10 bits per heavy atom. The summed E-state index contributed by atoms with van der Waals surface area (Å²) in [7, 11) is 3.36. The minimum absolute atomic E-state index is 0.126. The highest BCUT2D eigenvalue weighted by molar-refractivity contribution is 5.55. The largest absolute Gasteiger partial charge is 0.493 e. The summed E-state index contributed by atoms with van der Waals surface area (Å²) in [5, 5.41) is 10.3. The van der Waals surface area contributed by atoms with Gasteiger partial charge in [-0.1, -0.05) is 32.9 Å². The Kier molecular flexibility index (Phi) is 3.76. The Bertz CT molecular complexity index is 507. The highest BCUT2D eigenvalue weighted by Crippen LogP contribution is 2.57. The lowest BCUT2D eigenvalue weighted by molar-refractivity contribution is 0.0442. The highest BCUT2D eigenvalue weighted by Gasteiger charge is 2.53. The second-order valence-corrected chi connectivity index (χ2v) is 6.60. The number of ether oxygens (including phenoxy) is 2. The van der Waals surface area contributed by atoms with Crippen molar-refractivity contribution < 1.29 is 14.6 Å². The average Bonchev–Trinajstić information content (AvgIpc) is 2.62. The molecule has 0 aliphatic heterocycles. The maximum Gasteiger partial charge on any atom is 0.164 e. The summed E-state index contributed by atoms with van der Waals surface area (Å²) in [6, 6.07) is 4.19. The van der Waals surface area contributed by atoms with Crippen molar-refractivity contribution in [2.75, 3.05) is 14.2 Å². The molecular formula is C17H26O3. The molecule has 0 saturated heterocycles. The van der Waals surface area contributed by atoms with E-state index in [0.29, 0.717) is 0 Å². The number of benzene rings is 1. The number of hydrogen-bond acceptors (Lipinski definition) is 3. The first kappa shape index (κ1) is 15.2. The first-order valence-corrected chi connectivity index (χ1v) is 7.19. The number of aliphatic hydroxyl groups is 1. The minimum Gasteiger partial charge on any atom is -0.493 e. The molecule has 2 rings (SSSR count). The van der Waals surface area contributed by atoms with Crippen molar-refractivity contribution in [2.45, 2.75) is 52.1 Å². The molecule has 1 aliphatic carbocycles. The van der Waals surface area contributed by atoms with Crippen LogP contribution in [0.5, 0.6) is 11.5 Å². The lowest BCUT2D eigenvalue weighted by atomic mass is 9.64. The summed E-state index contributed by atoms with van der Waals surface area (Å²) in [6.07, 6.45) is 1.48. The van der Waals surface area contributed by atoms with E-state index in [9.17, 15) is 5.11 Å². The van der Waals surface area contributed by atoms with Crippen LogP contribution >= 0.6 is 0 Å². The standard InChI is InChI=1S/C17H26O3/c1-11-7-8-12(15(20-6)14(11)19-5)17(4)10-9-13(18)16(17,2)3/h7-8,13,18H,9-10H2,1-6H3/t13?,17-/m1/s1. The lowest BCUT2D eigenvalue weighted by Crippen LogP contribution is -2.40. The molecule has 0 radical (unpaired) electrons. The van der Waals surface area contributed by atoms with Gasteiger partial charge in [0.05, 0.1) is 20.3 Å². The lowest BCUT2D eigenvalue weighted by Gasteiger charge is -2.41. The van der Waals surface area contributed by atoms with Gasteiger partial charge < -0.3 is 14.6 Å². The third-order valence-corrected chi connectivity index (χ3v) is 5.48. The first-order chi connectivity index (χ1) is 9.29. The maximum atomic E-state index is 10.3. The van der Waals surface area contributed by atoms with Gasteiger partial charge in [-0.15, -0.1) is 0 Å². The molecule has 0 heterocycles. The molecule has 1 N–H and O–H groups in total. The Morgan fingerprint density at radius 2 is 1.70 bits per heavy atom. The number of rotatable bonds is 3. The fourth-order valence-corrected chi connectivity index (χ4v) is 3.51. The van der Waals surface area contributed by atoms with Crippen LogP contribution in [0.25, 0.3) is 0 Å². The van der Waals surface area contributed by atoms with Crippen molar-refractivity contribution in [3.8, 4) is 11.5 Å². The van der Waals surface area contributed by atoms with Crippen LogP contribution in [0.4, 0.5) is 0 Å². The van der Waals surface area contributed by atoms with E-state index in [2.05, 4.69) is 32.9 Å². The Morgan fingerprint density at radius 3 is 2.15 bits per heavy atom. The summed E-state index contributed by atoms with van der Waals surface area (Å²) in [5.41, 5.74) is 1.87. The van der Waals surface area contributed by atoms with Gasteiger partial charge in [-0.3, -0.25) is 0 Å². The summed E-state index contributed by atoms with van der Waals surface area (Å²) >= 11 is 0. The van der Waals surface area contributed by atoms with Crippen molar-refractivity contribution in [3.05, 3.63) is 23.3 Å². The minimum atomic E-state index is -0.287. The van der Waals surface area contributed by atoms with Gasteiger partial charge in [-0.2, -0.15) is 0 Å². The fraction of sp³-hybridized carbons (Fsp3) is 0.647. The van der Waals surface area contributed by atoms with E-state index in [1.165, 1.54) is 0 Å². The molecule has 0 aromatic heterocycles. The predicted octanol–water partition coefficient (Wildman–Crippen LogP) is 3.45. The van der Waals surface area contributed by atoms with Gasteiger partial charge in [0.1, 0.15) is 0 Å². The Balaban J connectivity index is 2.64. The number of aliphatic hydroxyl groups excluding tert-OH is 1. The first-order valence-electron chi connectivity index (χ1n) is 7.19. The normalized spacial score (nSPS) is 28.4. The molecule has 1 unspecified atom stereocenters. The summed E-state index contributed by atoms with van der Waals surface area (Å²) in [4.78, 5) is 0. The fourth-order valence-electron chi connectivity index (χ4n) is 3.51. The predicted molar refractivity (Wildman–Crippen MR) is 80.7 cm³/mol. The van der Waals surface area contributed by atoms with Crippen LogP contribution in [-0.4, -0.2) is 25.4 Å². The van der Waals surface area contributed by atoms with Crippen LogP contribution in [0, 0.1) is 12.3 Å². The molecule has 1 aliphatic rings. The molecule has 112 valence electrons. The third-order valence-electron chi connectivity index (χ3n) is 5.48. The van der Waals surface area contributed by atoms with Crippen LogP contribution in [0.1, 0.15) is 44.7 Å². The zero-order chi connectivity index (χ0) is 15.1. The second-order valence-electron chi connectivity index (χ2n) is 6.60. The molecule has 1 saturated carbocycles. The van der Waals surface area contributed by atoms with E-state index in [4.69, 9.17) is 9.47 Å². The molecule has 1 aromatic carbocycles. The van der Waals surface area contributed by atoms with Crippen molar-refractivity contribution >= 4 is 0 Å². The van der Waals surface area contributed by atoms with Gasteiger partial charge >= 0.3 is 0 Å². The van der Waals surface area contributed by atoms with E-state index >= 15 is 0 Å². The quantitative estimate of drug-likeness (QED) is 0.920. The molecule has 3 nitrogen and oxygen atoms in total. The molecule has 1 fully saturated rings. The molecule has 0 bridgehead atoms. The van der Waals surface area contributed by atoms with Crippen molar-refractivity contribution in [3.63, 3.8) is 0 Å². The van der Waals surface area contributed by atoms with E-state index < -0.39 is 0 Å². The molecule has 20 heavy (non-hydrogen) atoms. The Labute approximate surface area is 121 Å². The van der Waals surface area contributed by atoms with E-state index in [1.807, 2.05) is 6.92 Å². The monoisotopic (exact) mass is 278 g/mol. The van der Waals surface area contributed by atoms with Crippen LogP contribution in [0.15, 0.2) is 12.1 Å². The molecular weight excluding hydrogens is 252 g/mol. The highest BCUT2D eigenvalue weighted by atomic mass is 16.5. The summed E-state index contributed by atoms with van der Waals surface area (Å²) in [5.74, 6) is 1.60. The molecule has 3 heteroatoms. The van der Waals surface area contributed by atoms with Gasteiger partial charge in [0.2, 0.25) is 0 Å². The smallest absolute Gasteiger partial charge is 0.164 e. The number of hydrogen-bond donors (Lipinski definition) is 1. The molecule has 0 amide bonds. The van der Waals surface area contributed by atoms with Crippen LogP contribution in [0.3, 0.4) is 0 Å². The van der Waals surface area contributed by atoms with Gasteiger partial charge in [0.15, 0.2) is 11.5 Å². The van der Waals surface area contributed by atoms with Crippen LogP contribution < -0.4 is 9.47 Å². The maximum absolute atomic E-state index is 10.3. The average molecular weight is 278 g/mol. The molecule has 1 aromatic rings. The van der Waals surface area contributed by atoms with E-state index in [1.54, 1.807) is 14.2 Å². The number of aryl methyl sites for hydroxylation is 1. The molecule has 2 atom stereocenters. The van der Waals surface area contributed by atoms with E-state index in [-0.39, 0.29) is 16.9 Å².